The lowest BCUT2D eigenvalue weighted by Gasteiger charge is -2.24. The first-order valence-electron chi connectivity index (χ1n) is 8.32. The Morgan fingerprint density at radius 2 is 1.80 bits per heavy atom. The molecular formula is C19H26N2O3S. The largest absolute Gasteiger partial charge is 0.497 e. The minimum atomic E-state index is -0.243. The molecule has 2 rings (SSSR count). The quantitative estimate of drug-likeness (QED) is 0.806. The van der Waals surface area contributed by atoms with Gasteiger partial charge in [0, 0.05) is 13.0 Å². The monoisotopic (exact) mass is 362 g/mol. The van der Waals surface area contributed by atoms with Gasteiger partial charge in [-0.25, -0.2) is 4.98 Å². The van der Waals surface area contributed by atoms with Crippen molar-refractivity contribution in [3.63, 3.8) is 0 Å². The van der Waals surface area contributed by atoms with Gasteiger partial charge in [-0.2, -0.15) is 0 Å². The molecule has 1 N–H and O–H groups in total. The van der Waals surface area contributed by atoms with Crippen LogP contribution in [-0.2, 0) is 4.74 Å². The average Bonchev–Trinajstić information content (AvgIpc) is 2.98. The standard InChI is InChI=1S/C19H26N2O3S/c1-11(2)19-21-13(4)17(25-19)18(22)20-12(3)16(24-6)14-7-9-15(23-5)10-8-14/h7-12,16H,1-6H3,(H,20,22)/t12-,16+/m1/s1. The van der Waals surface area contributed by atoms with Gasteiger partial charge in [-0.05, 0) is 31.5 Å². The smallest absolute Gasteiger partial charge is 0.263 e. The molecule has 0 spiro atoms. The Labute approximate surface area is 153 Å². The van der Waals surface area contributed by atoms with E-state index in [4.69, 9.17) is 9.47 Å². The van der Waals surface area contributed by atoms with Gasteiger partial charge in [0.15, 0.2) is 0 Å². The van der Waals surface area contributed by atoms with Gasteiger partial charge in [0.1, 0.15) is 16.7 Å². The lowest BCUT2D eigenvalue weighted by atomic mass is 10.0. The number of thiazole rings is 1. The van der Waals surface area contributed by atoms with E-state index in [2.05, 4.69) is 24.1 Å². The van der Waals surface area contributed by atoms with E-state index in [-0.39, 0.29) is 18.1 Å². The molecule has 2 aromatic rings. The maximum absolute atomic E-state index is 12.6. The van der Waals surface area contributed by atoms with E-state index in [1.165, 1.54) is 11.3 Å². The van der Waals surface area contributed by atoms with Gasteiger partial charge < -0.3 is 14.8 Å². The third-order valence-corrected chi connectivity index (χ3v) is 5.48. The van der Waals surface area contributed by atoms with Crippen LogP contribution < -0.4 is 10.1 Å². The predicted octanol–water partition coefficient (Wildman–Crippen LogP) is 4.09. The molecule has 1 amide bonds. The Balaban J connectivity index is 2.12. The van der Waals surface area contributed by atoms with Crippen molar-refractivity contribution < 1.29 is 14.3 Å². The first-order chi connectivity index (χ1) is 11.9. The van der Waals surface area contributed by atoms with Crippen LogP contribution in [0.4, 0.5) is 0 Å². The van der Waals surface area contributed by atoms with Crippen LogP contribution in [0, 0.1) is 6.92 Å². The maximum atomic E-state index is 12.6. The number of hydrogen-bond donors (Lipinski definition) is 1. The van der Waals surface area contributed by atoms with E-state index in [9.17, 15) is 4.79 Å². The molecule has 0 aliphatic carbocycles. The van der Waals surface area contributed by atoms with Crippen molar-refractivity contribution in [3.8, 4) is 5.75 Å². The lowest BCUT2D eigenvalue weighted by molar-refractivity contribution is 0.0646. The maximum Gasteiger partial charge on any atom is 0.263 e. The highest BCUT2D eigenvalue weighted by Gasteiger charge is 2.24. The number of nitrogens with zero attached hydrogens (tertiary/aromatic N) is 1. The SMILES string of the molecule is COc1ccc([C@@H](OC)[C@@H](C)NC(=O)c2sc(C(C)C)nc2C)cc1. The number of carbonyl (C=O) groups excluding carboxylic acids is 1. The highest BCUT2D eigenvalue weighted by molar-refractivity contribution is 7.13. The summed E-state index contributed by atoms with van der Waals surface area (Å²) in [5.74, 6) is 0.996. The Bertz CT molecular complexity index is 710. The van der Waals surface area contributed by atoms with Crippen molar-refractivity contribution in [2.45, 2.75) is 45.8 Å². The fourth-order valence-corrected chi connectivity index (χ4v) is 3.62. The highest BCUT2D eigenvalue weighted by Crippen LogP contribution is 2.26. The van der Waals surface area contributed by atoms with E-state index in [1.54, 1.807) is 14.2 Å². The van der Waals surface area contributed by atoms with Gasteiger partial charge >= 0.3 is 0 Å². The van der Waals surface area contributed by atoms with Crippen LogP contribution in [0.5, 0.6) is 5.75 Å². The lowest BCUT2D eigenvalue weighted by Crippen LogP contribution is -2.37. The van der Waals surface area contributed by atoms with Crippen LogP contribution in [0.15, 0.2) is 24.3 Å². The summed E-state index contributed by atoms with van der Waals surface area (Å²) in [6.07, 6.45) is -0.243. The van der Waals surface area contributed by atoms with E-state index in [0.29, 0.717) is 10.8 Å². The van der Waals surface area contributed by atoms with Crippen molar-refractivity contribution in [1.82, 2.24) is 10.3 Å². The Hall–Kier alpha value is -1.92. The fraction of sp³-hybridized carbons (Fsp3) is 0.474. The van der Waals surface area contributed by atoms with E-state index in [0.717, 1.165) is 22.0 Å². The molecule has 0 unspecified atom stereocenters. The summed E-state index contributed by atoms with van der Waals surface area (Å²) in [5, 5.41) is 4.02. The molecule has 2 atom stereocenters. The van der Waals surface area contributed by atoms with Crippen LogP contribution in [-0.4, -0.2) is 31.2 Å². The molecule has 0 radical (unpaired) electrons. The van der Waals surface area contributed by atoms with Gasteiger partial charge in [0.05, 0.1) is 23.9 Å². The van der Waals surface area contributed by atoms with Crippen molar-refractivity contribution in [2.24, 2.45) is 0 Å². The molecule has 1 aromatic carbocycles. The molecule has 0 saturated carbocycles. The molecule has 5 nitrogen and oxygen atoms in total. The number of nitrogens with one attached hydrogen (secondary N) is 1. The molecule has 0 fully saturated rings. The summed E-state index contributed by atoms with van der Waals surface area (Å²) in [5.41, 5.74) is 1.76. The topological polar surface area (TPSA) is 60.5 Å². The zero-order chi connectivity index (χ0) is 18.6. The van der Waals surface area contributed by atoms with E-state index < -0.39 is 0 Å². The summed E-state index contributed by atoms with van der Waals surface area (Å²) >= 11 is 1.46. The second-order valence-electron chi connectivity index (χ2n) is 6.31. The molecule has 0 aliphatic heterocycles. The van der Waals surface area contributed by atoms with Crippen molar-refractivity contribution in [2.75, 3.05) is 14.2 Å². The Kier molecular flexibility index (Phi) is 6.56. The van der Waals surface area contributed by atoms with Crippen LogP contribution in [0.3, 0.4) is 0 Å². The minimum absolute atomic E-state index is 0.107. The fourth-order valence-electron chi connectivity index (χ4n) is 2.65. The van der Waals surface area contributed by atoms with Gasteiger partial charge in [-0.3, -0.25) is 4.79 Å². The molecule has 25 heavy (non-hydrogen) atoms. The second kappa shape index (κ2) is 8.45. The molecule has 6 heteroatoms. The Morgan fingerprint density at radius 1 is 1.16 bits per heavy atom. The summed E-state index contributed by atoms with van der Waals surface area (Å²) in [7, 11) is 3.28. The van der Waals surface area contributed by atoms with Crippen LogP contribution >= 0.6 is 11.3 Å². The molecule has 0 bridgehead atoms. The third kappa shape index (κ3) is 4.58. The van der Waals surface area contributed by atoms with Crippen LogP contribution in [0.1, 0.15) is 58.7 Å². The highest BCUT2D eigenvalue weighted by atomic mass is 32.1. The molecule has 1 aromatic heterocycles. The van der Waals surface area contributed by atoms with Crippen LogP contribution in [0.25, 0.3) is 0 Å². The van der Waals surface area contributed by atoms with Gasteiger partial charge in [-0.1, -0.05) is 26.0 Å². The number of rotatable bonds is 7. The van der Waals surface area contributed by atoms with E-state index >= 15 is 0 Å². The number of benzene rings is 1. The second-order valence-corrected chi connectivity index (χ2v) is 7.34. The summed E-state index contributed by atoms with van der Waals surface area (Å²) in [6, 6.07) is 7.49. The molecule has 1 heterocycles. The van der Waals surface area contributed by atoms with Gasteiger partial charge in [0.2, 0.25) is 0 Å². The van der Waals surface area contributed by atoms with E-state index in [1.807, 2.05) is 38.1 Å². The number of hydrogen-bond acceptors (Lipinski definition) is 5. The number of carbonyl (C=O) groups is 1. The number of aryl methyl sites for hydroxylation is 1. The number of aromatic nitrogens is 1. The molecular weight excluding hydrogens is 336 g/mol. The van der Waals surface area contributed by atoms with Gasteiger partial charge in [0.25, 0.3) is 5.91 Å². The first kappa shape index (κ1) is 19.4. The normalized spacial score (nSPS) is 13.6. The first-order valence-corrected chi connectivity index (χ1v) is 9.14. The summed E-state index contributed by atoms with van der Waals surface area (Å²) in [6.45, 7) is 7.97. The van der Waals surface area contributed by atoms with Gasteiger partial charge in [-0.15, -0.1) is 11.3 Å². The molecule has 0 aliphatic rings. The minimum Gasteiger partial charge on any atom is -0.497 e. The zero-order valence-electron chi connectivity index (χ0n) is 15.6. The third-order valence-electron chi connectivity index (χ3n) is 4.02. The van der Waals surface area contributed by atoms with Crippen molar-refractivity contribution >= 4 is 17.2 Å². The Morgan fingerprint density at radius 3 is 2.28 bits per heavy atom. The summed E-state index contributed by atoms with van der Waals surface area (Å²) < 4.78 is 10.8. The number of methoxy groups -OCH3 is 2. The molecule has 136 valence electrons. The zero-order valence-corrected chi connectivity index (χ0v) is 16.4. The van der Waals surface area contributed by atoms with Crippen LogP contribution in [0.2, 0.25) is 0 Å². The number of amides is 1. The predicted molar refractivity (Wildman–Crippen MR) is 101 cm³/mol. The number of ether oxygens (including phenoxy) is 2. The molecule has 0 saturated heterocycles. The van der Waals surface area contributed by atoms with Crippen molar-refractivity contribution in [1.29, 1.82) is 0 Å². The summed E-state index contributed by atoms with van der Waals surface area (Å²) in [4.78, 5) is 17.8. The van der Waals surface area contributed by atoms with Crippen molar-refractivity contribution in [3.05, 3.63) is 45.4 Å². The average molecular weight is 362 g/mol.